The van der Waals surface area contributed by atoms with Gasteiger partial charge in [0.2, 0.25) is 9.84 Å². The summed E-state index contributed by atoms with van der Waals surface area (Å²) in [6, 6.07) is 17.8. The van der Waals surface area contributed by atoms with Crippen LogP contribution in [0.1, 0.15) is 10.4 Å². The van der Waals surface area contributed by atoms with Crippen molar-refractivity contribution in [1.29, 1.82) is 0 Å². The van der Waals surface area contributed by atoms with Gasteiger partial charge in [-0.15, -0.1) is 11.3 Å². The molecule has 0 atom stereocenters. The van der Waals surface area contributed by atoms with Gasteiger partial charge in [0.25, 0.3) is 0 Å². The minimum absolute atomic E-state index is 0.0281. The lowest BCUT2D eigenvalue weighted by molar-refractivity contribution is 0.597. The van der Waals surface area contributed by atoms with Crippen molar-refractivity contribution in [2.24, 2.45) is 5.10 Å². The molecule has 2 aromatic carbocycles. The third-order valence-corrected chi connectivity index (χ3v) is 7.46. The van der Waals surface area contributed by atoms with Gasteiger partial charge in [0.05, 0.1) is 22.1 Å². The standard InChI is InChI=1S/C22H17N5O2S2/c1-14-6-4-8-16(12-14)31(28,29)20-19-22(26-18-10-3-2-9-17(18)25-19)27(21(20)23)24-13-15-7-5-11-30-15/h2-13H,23H2,1H3. The Morgan fingerprint density at radius 3 is 2.52 bits per heavy atom. The molecule has 3 aromatic heterocycles. The third-order valence-electron chi connectivity index (χ3n) is 4.84. The van der Waals surface area contributed by atoms with E-state index in [-0.39, 0.29) is 26.8 Å². The first-order chi connectivity index (χ1) is 14.9. The Hall–Kier alpha value is -3.56. The molecule has 0 spiro atoms. The number of thiophene rings is 1. The van der Waals surface area contributed by atoms with Crippen LogP contribution in [0.2, 0.25) is 0 Å². The molecule has 5 rings (SSSR count). The molecule has 5 aromatic rings. The monoisotopic (exact) mass is 447 g/mol. The number of nitrogens with two attached hydrogens (primary N) is 1. The molecule has 0 aliphatic heterocycles. The summed E-state index contributed by atoms with van der Waals surface area (Å²) in [5, 5.41) is 6.37. The highest BCUT2D eigenvalue weighted by molar-refractivity contribution is 7.92. The number of para-hydroxylation sites is 2. The predicted molar refractivity (Wildman–Crippen MR) is 123 cm³/mol. The molecule has 0 saturated carbocycles. The average molecular weight is 448 g/mol. The van der Waals surface area contributed by atoms with E-state index in [4.69, 9.17) is 5.73 Å². The van der Waals surface area contributed by atoms with Crippen molar-refractivity contribution >= 4 is 55.4 Å². The first-order valence-electron chi connectivity index (χ1n) is 9.41. The summed E-state index contributed by atoms with van der Waals surface area (Å²) >= 11 is 1.51. The van der Waals surface area contributed by atoms with Crippen LogP contribution >= 0.6 is 11.3 Å². The Balaban J connectivity index is 1.83. The zero-order valence-electron chi connectivity index (χ0n) is 16.4. The first kappa shape index (κ1) is 19.4. The average Bonchev–Trinajstić information content (AvgIpc) is 3.36. The summed E-state index contributed by atoms with van der Waals surface area (Å²) in [5.41, 5.74) is 8.89. The van der Waals surface area contributed by atoms with E-state index in [0.717, 1.165) is 10.4 Å². The molecule has 154 valence electrons. The Morgan fingerprint density at radius 1 is 1.03 bits per heavy atom. The number of hydrogen-bond acceptors (Lipinski definition) is 7. The van der Waals surface area contributed by atoms with Crippen molar-refractivity contribution in [3.8, 4) is 0 Å². The highest BCUT2D eigenvalue weighted by atomic mass is 32.2. The fourth-order valence-electron chi connectivity index (χ4n) is 3.38. The minimum atomic E-state index is -3.96. The molecule has 0 radical (unpaired) electrons. The van der Waals surface area contributed by atoms with Gasteiger partial charge >= 0.3 is 0 Å². The quantitative estimate of drug-likeness (QED) is 0.415. The minimum Gasteiger partial charge on any atom is -0.382 e. The van der Waals surface area contributed by atoms with Gasteiger partial charge in [-0.25, -0.2) is 18.4 Å². The lowest BCUT2D eigenvalue weighted by atomic mass is 10.2. The number of sulfone groups is 1. The summed E-state index contributed by atoms with van der Waals surface area (Å²) in [4.78, 5) is 10.2. The SMILES string of the molecule is Cc1cccc(S(=O)(=O)c2c(N)n(N=Cc3cccs3)c3nc4ccccc4nc23)c1. The van der Waals surface area contributed by atoms with Crippen molar-refractivity contribution in [2.75, 3.05) is 5.73 Å². The maximum Gasteiger partial charge on any atom is 0.212 e. The maximum atomic E-state index is 13.6. The van der Waals surface area contributed by atoms with Gasteiger partial charge in [-0.3, -0.25) is 0 Å². The summed E-state index contributed by atoms with van der Waals surface area (Å²) in [6.45, 7) is 1.84. The molecule has 0 saturated heterocycles. The van der Waals surface area contributed by atoms with Crippen molar-refractivity contribution in [1.82, 2.24) is 14.6 Å². The summed E-state index contributed by atoms with van der Waals surface area (Å²) < 4.78 is 28.5. The topological polar surface area (TPSA) is 103 Å². The van der Waals surface area contributed by atoms with Crippen molar-refractivity contribution < 1.29 is 8.42 Å². The van der Waals surface area contributed by atoms with Crippen LogP contribution in [-0.2, 0) is 9.84 Å². The predicted octanol–water partition coefficient (Wildman–Crippen LogP) is 4.25. The molecule has 31 heavy (non-hydrogen) atoms. The second kappa shape index (κ2) is 7.29. The number of rotatable bonds is 4. The van der Waals surface area contributed by atoms with Crippen molar-refractivity contribution in [3.05, 3.63) is 76.5 Å². The van der Waals surface area contributed by atoms with E-state index < -0.39 is 9.84 Å². The molecule has 0 aliphatic rings. The Labute approximate surface area is 182 Å². The molecule has 0 amide bonds. The third kappa shape index (κ3) is 3.28. The van der Waals surface area contributed by atoms with Crippen LogP contribution < -0.4 is 5.73 Å². The number of benzene rings is 2. The van der Waals surface area contributed by atoms with E-state index in [0.29, 0.717) is 11.0 Å². The largest absolute Gasteiger partial charge is 0.382 e. The molecule has 0 fully saturated rings. The second-order valence-corrected chi connectivity index (χ2v) is 9.86. The van der Waals surface area contributed by atoms with E-state index in [1.165, 1.54) is 16.0 Å². The zero-order valence-corrected chi connectivity index (χ0v) is 18.1. The molecular weight excluding hydrogens is 430 g/mol. The highest BCUT2D eigenvalue weighted by Crippen LogP contribution is 2.35. The molecule has 9 heteroatoms. The van der Waals surface area contributed by atoms with Gasteiger partial charge in [0.1, 0.15) is 16.2 Å². The van der Waals surface area contributed by atoms with Gasteiger partial charge in [-0.05, 0) is 48.2 Å². The van der Waals surface area contributed by atoms with E-state index in [1.807, 2.05) is 48.7 Å². The van der Waals surface area contributed by atoms with Crippen LogP contribution in [0, 0.1) is 6.92 Å². The van der Waals surface area contributed by atoms with Crippen LogP contribution in [-0.4, -0.2) is 29.3 Å². The number of hydrogen-bond donors (Lipinski definition) is 1. The number of nitrogen functional groups attached to an aromatic ring is 1. The molecular formula is C22H17N5O2S2. The van der Waals surface area contributed by atoms with Crippen molar-refractivity contribution in [3.63, 3.8) is 0 Å². The fraction of sp³-hybridized carbons (Fsp3) is 0.0455. The number of aromatic nitrogens is 3. The van der Waals surface area contributed by atoms with Gasteiger partial charge in [0.15, 0.2) is 5.65 Å². The molecule has 7 nitrogen and oxygen atoms in total. The van der Waals surface area contributed by atoms with Crippen molar-refractivity contribution in [2.45, 2.75) is 16.7 Å². The van der Waals surface area contributed by atoms with Crippen LogP contribution in [0.5, 0.6) is 0 Å². The maximum absolute atomic E-state index is 13.6. The second-order valence-electron chi connectivity index (χ2n) is 6.99. The highest BCUT2D eigenvalue weighted by Gasteiger charge is 2.30. The van der Waals surface area contributed by atoms with Crippen LogP contribution in [0.15, 0.2) is 80.9 Å². The summed E-state index contributed by atoms with van der Waals surface area (Å²) in [7, 11) is -3.96. The Morgan fingerprint density at radius 2 is 1.81 bits per heavy atom. The van der Waals surface area contributed by atoms with Gasteiger partial charge < -0.3 is 5.73 Å². The number of anilines is 1. The first-order valence-corrected chi connectivity index (χ1v) is 11.8. The summed E-state index contributed by atoms with van der Waals surface area (Å²) in [5.74, 6) is -0.0281. The van der Waals surface area contributed by atoms with Crippen LogP contribution in [0.25, 0.3) is 22.2 Å². The molecule has 2 N–H and O–H groups in total. The van der Waals surface area contributed by atoms with Crippen LogP contribution in [0.3, 0.4) is 0 Å². The number of aryl methyl sites for hydroxylation is 1. The van der Waals surface area contributed by atoms with Gasteiger partial charge in [-0.2, -0.15) is 9.78 Å². The molecule has 3 heterocycles. The van der Waals surface area contributed by atoms with Gasteiger partial charge in [0, 0.05) is 4.88 Å². The summed E-state index contributed by atoms with van der Waals surface area (Å²) in [6.07, 6.45) is 1.63. The lowest BCUT2D eigenvalue weighted by Crippen LogP contribution is -2.07. The lowest BCUT2D eigenvalue weighted by Gasteiger charge is -2.05. The Bertz CT molecular complexity index is 1570. The fourth-order valence-corrected chi connectivity index (χ4v) is 5.55. The molecule has 0 unspecified atom stereocenters. The normalized spacial score (nSPS) is 12.3. The number of nitrogens with zero attached hydrogens (tertiary/aromatic N) is 4. The van der Waals surface area contributed by atoms with Gasteiger partial charge in [-0.1, -0.05) is 30.3 Å². The smallest absolute Gasteiger partial charge is 0.212 e. The molecule has 0 aliphatic carbocycles. The van der Waals surface area contributed by atoms with E-state index in [1.54, 1.807) is 30.5 Å². The Kier molecular flexibility index (Phi) is 4.57. The van der Waals surface area contributed by atoms with E-state index in [2.05, 4.69) is 15.1 Å². The van der Waals surface area contributed by atoms with Crippen LogP contribution in [0.4, 0.5) is 5.82 Å². The van der Waals surface area contributed by atoms with E-state index >= 15 is 0 Å². The molecule has 0 bridgehead atoms. The zero-order chi connectivity index (χ0) is 21.6. The van der Waals surface area contributed by atoms with E-state index in [9.17, 15) is 8.42 Å². The number of fused-ring (bicyclic) bond motifs is 2.